The Morgan fingerprint density at radius 3 is 2.58 bits per heavy atom. The van der Waals surface area contributed by atoms with Crippen LogP contribution in [0.4, 0.5) is 0 Å². The van der Waals surface area contributed by atoms with Gasteiger partial charge in [0.25, 0.3) is 0 Å². The minimum absolute atomic E-state index is 0.185. The fourth-order valence-electron chi connectivity index (χ4n) is 2.61. The van der Waals surface area contributed by atoms with E-state index in [1.54, 1.807) is 0 Å². The molecule has 100 valence electrons. The molecule has 0 radical (unpaired) electrons. The molecule has 3 heterocycles. The molecule has 0 aliphatic carbocycles. The summed E-state index contributed by atoms with van der Waals surface area (Å²) < 4.78 is 5.41. The third kappa shape index (κ3) is 2.38. The monoisotopic (exact) mass is 258 g/mol. The number of rotatable bonds is 2. The zero-order valence-corrected chi connectivity index (χ0v) is 11.5. The van der Waals surface area contributed by atoms with Crippen molar-refractivity contribution in [2.75, 3.05) is 6.54 Å². The zero-order valence-electron chi connectivity index (χ0n) is 11.5. The predicted molar refractivity (Wildman–Crippen MR) is 71.5 cm³/mol. The third-order valence-corrected chi connectivity index (χ3v) is 3.58. The first kappa shape index (κ1) is 12.3. The molecule has 0 amide bonds. The van der Waals surface area contributed by atoms with Crippen LogP contribution in [-0.4, -0.2) is 21.7 Å². The lowest BCUT2D eigenvalue weighted by atomic mass is 10.0. The molecule has 2 aromatic rings. The van der Waals surface area contributed by atoms with Crippen molar-refractivity contribution in [1.29, 1.82) is 0 Å². The summed E-state index contributed by atoms with van der Waals surface area (Å²) in [6.45, 7) is 7.16. The van der Waals surface area contributed by atoms with Gasteiger partial charge in [0.15, 0.2) is 0 Å². The summed E-state index contributed by atoms with van der Waals surface area (Å²) >= 11 is 0. The molecule has 3 rings (SSSR count). The van der Waals surface area contributed by atoms with Gasteiger partial charge in [0, 0.05) is 17.0 Å². The Hall–Kier alpha value is -1.75. The summed E-state index contributed by atoms with van der Waals surface area (Å²) in [7, 11) is 0. The first-order valence-electron chi connectivity index (χ1n) is 6.66. The summed E-state index contributed by atoms with van der Waals surface area (Å²) in [6.07, 6.45) is 1.15. The molecule has 2 aromatic heterocycles. The Bertz CT molecular complexity index is 573. The molecule has 5 nitrogen and oxygen atoms in total. The quantitative estimate of drug-likeness (QED) is 0.896. The van der Waals surface area contributed by atoms with Crippen LogP contribution in [0, 0.1) is 19.8 Å². The topological polar surface area (TPSA) is 63.8 Å². The van der Waals surface area contributed by atoms with Crippen LogP contribution in [0.25, 0.3) is 11.4 Å². The molecule has 1 aliphatic rings. The molecule has 2 atom stereocenters. The third-order valence-electron chi connectivity index (χ3n) is 3.58. The highest BCUT2D eigenvalue weighted by Gasteiger charge is 2.29. The van der Waals surface area contributed by atoms with Gasteiger partial charge in [-0.3, -0.25) is 4.98 Å². The maximum atomic E-state index is 5.41. The van der Waals surface area contributed by atoms with Crippen LogP contribution < -0.4 is 5.32 Å². The number of hydrogen-bond acceptors (Lipinski definition) is 5. The molecule has 2 unspecified atom stereocenters. The molecule has 1 fully saturated rings. The summed E-state index contributed by atoms with van der Waals surface area (Å²) in [6, 6.07) is 4.14. The van der Waals surface area contributed by atoms with Crippen LogP contribution in [0.5, 0.6) is 0 Å². The Morgan fingerprint density at radius 2 is 1.95 bits per heavy atom. The van der Waals surface area contributed by atoms with E-state index in [4.69, 9.17) is 4.52 Å². The lowest BCUT2D eigenvalue weighted by Crippen LogP contribution is -2.16. The Balaban J connectivity index is 1.92. The standard InChI is InChI=1S/C14H18N4O/c1-8-4-5-15-12(8)14-17-13(18-19-14)11-6-9(2)16-10(3)7-11/h6-8,12,15H,4-5H2,1-3H3. The van der Waals surface area contributed by atoms with Gasteiger partial charge in [0.1, 0.15) is 0 Å². The summed E-state index contributed by atoms with van der Waals surface area (Å²) in [5.41, 5.74) is 2.90. The fraction of sp³-hybridized carbons (Fsp3) is 0.500. The molecule has 1 aliphatic heterocycles. The van der Waals surface area contributed by atoms with Crippen LogP contribution in [-0.2, 0) is 0 Å². The average Bonchev–Trinajstić information content (AvgIpc) is 2.95. The molecule has 19 heavy (non-hydrogen) atoms. The average molecular weight is 258 g/mol. The second-order valence-corrected chi connectivity index (χ2v) is 5.29. The van der Waals surface area contributed by atoms with Crippen molar-refractivity contribution in [3.63, 3.8) is 0 Å². The van der Waals surface area contributed by atoms with Gasteiger partial charge in [-0.2, -0.15) is 4.98 Å². The second kappa shape index (κ2) is 4.74. The first-order chi connectivity index (χ1) is 9.13. The molecule has 1 N–H and O–H groups in total. The van der Waals surface area contributed by atoms with Crippen molar-refractivity contribution in [2.24, 2.45) is 5.92 Å². The molecular weight excluding hydrogens is 240 g/mol. The molecule has 0 aromatic carbocycles. The van der Waals surface area contributed by atoms with Gasteiger partial charge in [-0.15, -0.1) is 0 Å². The van der Waals surface area contributed by atoms with Crippen LogP contribution in [0.15, 0.2) is 16.7 Å². The summed E-state index contributed by atoms with van der Waals surface area (Å²) in [4.78, 5) is 8.88. The van der Waals surface area contributed by atoms with Gasteiger partial charge in [-0.05, 0) is 44.9 Å². The highest BCUT2D eigenvalue weighted by Crippen LogP contribution is 2.29. The highest BCUT2D eigenvalue weighted by atomic mass is 16.5. The smallest absolute Gasteiger partial charge is 0.244 e. The molecule has 0 bridgehead atoms. The van der Waals surface area contributed by atoms with Crippen molar-refractivity contribution in [3.8, 4) is 11.4 Å². The first-order valence-corrected chi connectivity index (χ1v) is 6.66. The number of nitrogens with zero attached hydrogens (tertiary/aromatic N) is 3. The van der Waals surface area contributed by atoms with E-state index < -0.39 is 0 Å². The summed E-state index contributed by atoms with van der Waals surface area (Å²) in [5, 5.41) is 7.50. The highest BCUT2D eigenvalue weighted by molar-refractivity contribution is 5.55. The number of nitrogens with one attached hydrogen (secondary N) is 1. The van der Waals surface area contributed by atoms with E-state index in [2.05, 4.69) is 27.4 Å². The van der Waals surface area contributed by atoms with Gasteiger partial charge in [0.2, 0.25) is 11.7 Å². The fourth-order valence-corrected chi connectivity index (χ4v) is 2.61. The SMILES string of the molecule is Cc1cc(-c2noc(C3NCCC3C)n2)cc(C)n1. The number of aryl methyl sites for hydroxylation is 2. The normalized spacial score (nSPS) is 22.9. The zero-order chi connectivity index (χ0) is 13.4. The Labute approximate surface area is 112 Å². The lowest BCUT2D eigenvalue weighted by Gasteiger charge is -2.09. The van der Waals surface area contributed by atoms with Gasteiger partial charge < -0.3 is 9.84 Å². The molecule has 0 spiro atoms. The van der Waals surface area contributed by atoms with Crippen molar-refractivity contribution >= 4 is 0 Å². The van der Waals surface area contributed by atoms with Crippen LogP contribution >= 0.6 is 0 Å². The Kier molecular flexibility index (Phi) is 3.06. The van der Waals surface area contributed by atoms with Crippen LogP contribution in [0.2, 0.25) is 0 Å². The van der Waals surface area contributed by atoms with E-state index in [-0.39, 0.29) is 6.04 Å². The van der Waals surface area contributed by atoms with Gasteiger partial charge >= 0.3 is 0 Å². The molecular formula is C14H18N4O. The Morgan fingerprint density at radius 1 is 1.21 bits per heavy atom. The van der Waals surface area contributed by atoms with E-state index in [1.807, 2.05) is 26.0 Å². The van der Waals surface area contributed by atoms with E-state index in [1.165, 1.54) is 0 Å². The second-order valence-electron chi connectivity index (χ2n) is 5.29. The van der Waals surface area contributed by atoms with Crippen molar-refractivity contribution in [1.82, 2.24) is 20.4 Å². The lowest BCUT2D eigenvalue weighted by molar-refractivity contribution is 0.319. The van der Waals surface area contributed by atoms with Crippen molar-refractivity contribution < 1.29 is 4.52 Å². The molecule has 0 saturated carbocycles. The van der Waals surface area contributed by atoms with Crippen LogP contribution in [0.1, 0.15) is 36.7 Å². The largest absolute Gasteiger partial charge is 0.337 e. The van der Waals surface area contributed by atoms with E-state index in [9.17, 15) is 0 Å². The van der Waals surface area contributed by atoms with Crippen molar-refractivity contribution in [3.05, 3.63) is 29.4 Å². The molecule has 1 saturated heterocycles. The van der Waals surface area contributed by atoms with E-state index in [0.717, 1.165) is 29.9 Å². The minimum Gasteiger partial charge on any atom is -0.337 e. The predicted octanol–water partition coefficient (Wildman–Crippen LogP) is 2.42. The maximum Gasteiger partial charge on any atom is 0.244 e. The summed E-state index contributed by atoms with van der Waals surface area (Å²) in [5.74, 6) is 1.87. The van der Waals surface area contributed by atoms with E-state index >= 15 is 0 Å². The maximum absolute atomic E-state index is 5.41. The van der Waals surface area contributed by atoms with E-state index in [0.29, 0.717) is 17.6 Å². The number of hydrogen-bond donors (Lipinski definition) is 1. The van der Waals surface area contributed by atoms with Gasteiger partial charge in [-0.25, -0.2) is 0 Å². The number of pyridine rings is 1. The van der Waals surface area contributed by atoms with Crippen LogP contribution in [0.3, 0.4) is 0 Å². The van der Waals surface area contributed by atoms with Gasteiger partial charge in [-0.1, -0.05) is 12.1 Å². The minimum atomic E-state index is 0.185. The molecule has 5 heteroatoms. The number of aromatic nitrogens is 3. The van der Waals surface area contributed by atoms with Crippen molar-refractivity contribution in [2.45, 2.75) is 33.2 Å². The van der Waals surface area contributed by atoms with Gasteiger partial charge in [0.05, 0.1) is 6.04 Å².